The summed E-state index contributed by atoms with van der Waals surface area (Å²) in [4.78, 5) is 126. The molecule has 1 N–H and O–H groups in total. The molecule has 0 saturated carbocycles. The van der Waals surface area contributed by atoms with Crippen LogP contribution in [-0.4, -0.2) is 86.5 Å². The van der Waals surface area contributed by atoms with Crippen LogP contribution in [0.5, 0.6) is 0 Å². The fraction of sp³-hybridized carbons (Fsp3) is 0.558. The molecule has 6 amide bonds. The Labute approximate surface area is 602 Å². The van der Waals surface area contributed by atoms with Gasteiger partial charge < -0.3 is 5.11 Å². The Hall–Kier alpha value is -6.90. The van der Waals surface area contributed by atoms with Crippen molar-refractivity contribution >= 4 is 97.0 Å². The highest BCUT2D eigenvalue weighted by Gasteiger charge is 2.44. The van der Waals surface area contributed by atoms with Gasteiger partial charge >= 0.3 is 0 Å². The number of thiophene rings is 2. The number of aliphatic hydroxyl groups is 1. The standard InChI is InChI=1S/C86H109N3O9S2/c1-5-9-13-17-21-25-29-33-37-41-45-61-76(90)57-46-47-58-70-64(84(96)87(81(58)93)50-42-38-34-30-26-22-18-14-10-6-2)53-62(74(72(57)70)78(61)92)68-55-66-77(91)67-56-69(100-80(67)79(66)99-68)63-54-65-71-59(82(94)88(85(65)97)51-43-39-35-31-27-23-19-15-11-7-3)48-49-60-73(71)75(63)86(98)89(83(60)95)52-44-40-36-32-28-24-20-16-12-8-4/h46-49,53-56,92H,5-45,50-52H2,1-4H3. The van der Waals surface area contributed by atoms with Crippen LogP contribution in [-0.2, 0) is 0 Å². The molecule has 2 aliphatic carbocycles. The first kappa shape index (κ1) is 74.3. The molecule has 5 aliphatic rings. The van der Waals surface area contributed by atoms with Gasteiger partial charge in [0.25, 0.3) is 35.4 Å². The average molecular weight is 1390 g/mol. The van der Waals surface area contributed by atoms with Gasteiger partial charge in [-0.3, -0.25) is 53.1 Å². The molecule has 14 heteroatoms. The van der Waals surface area contributed by atoms with Gasteiger partial charge in [0.2, 0.25) is 0 Å². The van der Waals surface area contributed by atoms with E-state index < -0.39 is 35.4 Å². The smallest absolute Gasteiger partial charge is 0.262 e. The van der Waals surface area contributed by atoms with Crippen molar-refractivity contribution in [3.63, 3.8) is 0 Å². The van der Waals surface area contributed by atoms with E-state index in [0.717, 1.165) is 83.5 Å². The van der Waals surface area contributed by atoms with E-state index in [1.54, 1.807) is 42.5 Å². The topological polar surface area (TPSA) is 167 Å². The maximum Gasteiger partial charge on any atom is 0.262 e. The normalized spacial score (nSPS) is 14.7. The van der Waals surface area contributed by atoms with Gasteiger partial charge in [0.05, 0.1) is 15.3 Å². The molecule has 0 radical (unpaired) electrons. The van der Waals surface area contributed by atoms with Crippen molar-refractivity contribution in [3.05, 3.63) is 110 Å². The minimum Gasteiger partial charge on any atom is -0.507 e. The number of carbonyl (C=O) groups is 8. The highest BCUT2D eigenvalue weighted by atomic mass is 32.1. The number of imide groups is 3. The van der Waals surface area contributed by atoms with E-state index in [9.17, 15) is 24.3 Å². The van der Waals surface area contributed by atoms with Crippen molar-refractivity contribution in [1.82, 2.24) is 14.7 Å². The number of amides is 6. The van der Waals surface area contributed by atoms with E-state index >= 15 is 19.2 Å². The number of unbranched alkanes of at least 4 members (excludes halogenated alkanes) is 36. The van der Waals surface area contributed by atoms with Crippen molar-refractivity contribution < 1.29 is 43.5 Å². The van der Waals surface area contributed by atoms with E-state index in [1.165, 1.54) is 185 Å². The van der Waals surface area contributed by atoms with Crippen molar-refractivity contribution in [3.8, 4) is 30.6 Å². The van der Waals surface area contributed by atoms with Crippen molar-refractivity contribution in [1.29, 1.82) is 0 Å². The van der Waals surface area contributed by atoms with Crippen LogP contribution in [0.3, 0.4) is 0 Å². The molecule has 0 spiro atoms. The summed E-state index contributed by atoms with van der Waals surface area (Å²) < 4.78 is 0. The summed E-state index contributed by atoms with van der Waals surface area (Å²) in [5.41, 5.74) is 4.42. The molecular formula is C86H109N3O9S2. The fourth-order valence-corrected chi connectivity index (χ4v) is 18.9. The zero-order chi connectivity index (χ0) is 70.2. The van der Waals surface area contributed by atoms with Crippen LogP contribution in [0, 0.1) is 0 Å². The van der Waals surface area contributed by atoms with E-state index in [0.29, 0.717) is 118 Å². The Kier molecular flexibility index (Phi) is 26.6. The van der Waals surface area contributed by atoms with E-state index in [4.69, 9.17) is 0 Å². The Morgan fingerprint density at radius 3 is 0.940 bits per heavy atom. The van der Waals surface area contributed by atoms with E-state index in [1.807, 2.05) is 6.07 Å². The largest absolute Gasteiger partial charge is 0.507 e. The number of rotatable bonds is 46. The van der Waals surface area contributed by atoms with Crippen LogP contribution in [0.2, 0.25) is 0 Å². The molecule has 100 heavy (non-hydrogen) atoms. The van der Waals surface area contributed by atoms with Crippen LogP contribution in [0.15, 0.2) is 54.1 Å². The van der Waals surface area contributed by atoms with Gasteiger partial charge in [-0.25, -0.2) is 0 Å². The number of Topliss-reactive ketones (excluding diaryl/α,β-unsaturated/α-hetero) is 1. The maximum atomic E-state index is 15.4. The van der Waals surface area contributed by atoms with Gasteiger partial charge in [-0.1, -0.05) is 259 Å². The molecule has 6 aromatic rings. The predicted octanol–water partition coefficient (Wildman–Crippen LogP) is 24.0. The molecule has 12 nitrogen and oxygen atoms in total. The second-order valence-electron chi connectivity index (χ2n) is 29.5. The minimum atomic E-state index is -0.493. The number of hydrogen-bond donors (Lipinski definition) is 1. The van der Waals surface area contributed by atoms with Gasteiger partial charge in [-0.05, 0) is 80.6 Å². The first-order valence-electron chi connectivity index (χ1n) is 39.5. The fourth-order valence-electron chi connectivity index (χ4n) is 16.4. The number of carbonyl (C=O) groups excluding carboxylic acids is 8. The third-order valence-corrected chi connectivity index (χ3v) is 24.6. The number of aliphatic hydroxyl groups excluding tert-OH is 1. The zero-order valence-electron chi connectivity index (χ0n) is 60.6. The number of fused-ring (bicyclic) bond motifs is 3. The summed E-state index contributed by atoms with van der Waals surface area (Å²) in [6, 6.07) is 13.8. The van der Waals surface area contributed by atoms with Crippen LogP contribution in [0.25, 0.3) is 57.9 Å². The SMILES string of the molecule is CCCCCCCCCCCCC1=C(O)c2c(-c3cc4c(s3)-c3sc(-c5cc6c7c(ccc8c7c5C(=O)N(CCCCCCCCCCCC)C8=O)C(=O)N(CCCCCCCCCCCC)C6=O)cc3C4=O)cc3c4c(ccc(c24)C1=O)C(=O)N(CCCCCCCCCCCC)C3=O. The summed E-state index contributed by atoms with van der Waals surface area (Å²) in [5, 5.41) is 14.1. The molecule has 5 heterocycles. The van der Waals surface area contributed by atoms with E-state index in [-0.39, 0.29) is 64.8 Å². The Morgan fingerprint density at radius 1 is 0.280 bits per heavy atom. The molecule has 0 fully saturated rings. The molecule has 4 aromatic carbocycles. The third-order valence-electron chi connectivity index (χ3n) is 22.1. The van der Waals surface area contributed by atoms with Gasteiger partial charge in [-0.2, -0.15) is 0 Å². The third kappa shape index (κ3) is 16.0. The van der Waals surface area contributed by atoms with Crippen LogP contribution in [0.4, 0.5) is 0 Å². The zero-order valence-corrected chi connectivity index (χ0v) is 62.2. The van der Waals surface area contributed by atoms with Crippen molar-refractivity contribution in [2.24, 2.45) is 0 Å². The maximum absolute atomic E-state index is 15.4. The summed E-state index contributed by atoms with van der Waals surface area (Å²) in [7, 11) is 0. The molecule has 0 saturated heterocycles. The Balaban J connectivity index is 0.927. The Bertz CT molecular complexity index is 4050. The molecule has 534 valence electrons. The first-order chi connectivity index (χ1) is 48.9. The van der Waals surface area contributed by atoms with Gasteiger partial charge in [0.15, 0.2) is 11.6 Å². The lowest BCUT2D eigenvalue weighted by atomic mass is 9.78. The second-order valence-corrected chi connectivity index (χ2v) is 31.6. The lowest BCUT2D eigenvalue weighted by molar-refractivity contribution is 0.0586. The number of hydrogen-bond acceptors (Lipinski definition) is 11. The van der Waals surface area contributed by atoms with Crippen molar-refractivity contribution in [2.45, 2.75) is 291 Å². The minimum absolute atomic E-state index is 0.167. The summed E-state index contributed by atoms with van der Waals surface area (Å²) >= 11 is 2.69. The molecular weight excluding hydrogens is 1280 g/mol. The lowest BCUT2D eigenvalue weighted by Gasteiger charge is -2.33. The van der Waals surface area contributed by atoms with Crippen LogP contribution < -0.4 is 0 Å². The van der Waals surface area contributed by atoms with Gasteiger partial charge in [0, 0.05) is 118 Å². The van der Waals surface area contributed by atoms with Gasteiger partial charge in [-0.15, -0.1) is 22.7 Å². The average Bonchev–Trinajstić information content (AvgIpc) is 0.956. The summed E-state index contributed by atoms with van der Waals surface area (Å²) in [6.07, 6.45) is 44.4. The highest BCUT2D eigenvalue weighted by Crippen LogP contribution is 2.55. The number of nitrogens with zero attached hydrogens (tertiary/aromatic N) is 3. The van der Waals surface area contributed by atoms with Crippen LogP contribution in [0.1, 0.15) is 385 Å². The number of ketones is 2. The quantitative estimate of drug-likeness (QED) is 0.0289. The first-order valence-corrected chi connectivity index (χ1v) is 41.2. The summed E-state index contributed by atoms with van der Waals surface area (Å²) in [5.74, 6) is -3.44. The highest BCUT2D eigenvalue weighted by molar-refractivity contribution is 7.26. The number of benzene rings is 4. The number of allylic oxidation sites excluding steroid dienone is 1. The molecule has 3 aliphatic heterocycles. The molecule has 0 bridgehead atoms. The van der Waals surface area contributed by atoms with Gasteiger partial charge in [0.1, 0.15) is 5.76 Å². The molecule has 0 atom stereocenters. The van der Waals surface area contributed by atoms with E-state index in [2.05, 4.69) is 27.7 Å². The summed E-state index contributed by atoms with van der Waals surface area (Å²) in [6.45, 7) is 9.60. The molecule has 2 aromatic heterocycles. The molecule has 0 unspecified atom stereocenters. The Morgan fingerprint density at radius 2 is 0.570 bits per heavy atom. The lowest BCUT2D eigenvalue weighted by Crippen LogP contribution is -2.44. The second kappa shape index (κ2) is 35.8. The van der Waals surface area contributed by atoms with Crippen LogP contribution >= 0.6 is 22.7 Å². The van der Waals surface area contributed by atoms with Crippen molar-refractivity contribution in [2.75, 3.05) is 19.6 Å². The molecule has 11 rings (SSSR count). The predicted molar refractivity (Wildman–Crippen MR) is 409 cm³/mol. The monoisotopic (exact) mass is 1390 g/mol.